The average molecular weight is 621 g/mol. The number of Topliss-reactive ketones (excluding diaryl/α,β-unsaturated/α-hetero) is 1. The molecule has 1 spiro atoms. The normalized spacial score (nSPS) is 26.1. The number of benzene rings is 3. The Morgan fingerprint density at radius 3 is 2.58 bits per heavy atom. The molecular formula is C34H32Cl2FN3O3. The molecule has 2 saturated heterocycles. The zero-order chi connectivity index (χ0) is 30.2. The van der Waals surface area contributed by atoms with Crippen LogP contribution in [0.4, 0.5) is 10.1 Å². The molecule has 3 heterocycles. The maximum atomic E-state index is 16.1. The second-order valence-corrected chi connectivity index (χ2v) is 13.3. The van der Waals surface area contributed by atoms with Gasteiger partial charge in [-0.15, -0.1) is 0 Å². The number of nitrogens with one attached hydrogen (secondary N) is 1. The number of likely N-dealkylation sites (tertiary alicyclic amines) is 2. The van der Waals surface area contributed by atoms with E-state index in [4.69, 9.17) is 23.2 Å². The van der Waals surface area contributed by atoms with E-state index in [2.05, 4.69) is 10.2 Å². The molecule has 3 aliphatic heterocycles. The van der Waals surface area contributed by atoms with Crippen LogP contribution < -0.4 is 5.32 Å². The van der Waals surface area contributed by atoms with Gasteiger partial charge in [-0.1, -0.05) is 53.5 Å². The fourth-order valence-corrected chi connectivity index (χ4v) is 8.25. The molecule has 0 aromatic heterocycles. The Kier molecular flexibility index (Phi) is 6.91. The molecule has 1 saturated carbocycles. The van der Waals surface area contributed by atoms with Crippen LogP contribution in [-0.4, -0.2) is 52.6 Å². The Labute approximate surface area is 260 Å². The Bertz CT molecular complexity index is 1690. The Balaban J connectivity index is 1.41. The van der Waals surface area contributed by atoms with E-state index in [0.29, 0.717) is 53.7 Å². The number of nitrogens with zero attached hydrogens (tertiary/aromatic N) is 2. The van der Waals surface area contributed by atoms with Gasteiger partial charge in [-0.25, -0.2) is 4.39 Å². The van der Waals surface area contributed by atoms with Gasteiger partial charge >= 0.3 is 0 Å². The maximum absolute atomic E-state index is 16.1. The zero-order valence-corrected chi connectivity index (χ0v) is 25.5. The SMILES string of the molecule is CC(=O)Cc1ccc(C(=O)N2CC[C@H]3C2[C@H](c2cccc(Cl)c2F)[C@]2(C(=O)Nc4cc(Cl)ccc42)N3CC2CC2)c(C)c1. The van der Waals surface area contributed by atoms with Gasteiger partial charge in [0.1, 0.15) is 17.1 Å². The number of hydrogen-bond donors (Lipinski definition) is 1. The van der Waals surface area contributed by atoms with E-state index in [1.807, 2.05) is 30.0 Å². The number of anilines is 1. The van der Waals surface area contributed by atoms with Crippen LogP contribution >= 0.6 is 23.2 Å². The van der Waals surface area contributed by atoms with Crippen LogP contribution in [-0.2, 0) is 21.5 Å². The molecule has 4 atom stereocenters. The van der Waals surface area contributed by atoms with Crippen molar-refractivity contribution in [3.05, 3.63) is 98.3 Å². The van der Waals surface area contributed by atoms with Crippen molar-refractivity contribution in [1.29, 1.82) is 0 Å². The van der Waals surface area contributed by atoms with E-state index >= 15 is 4.39 Å². The van der Waals surface area contributed by atoms with E-state index in [-0.39, 0.29) is 28.7 Å². The molecular weight excluding hydrogens is 588 g/mol. The van der Waals surface area contributed by atoms with Crippen molar-refractivity contribution in [3.63, 3.8) is 0 Å². The highest BCUT2D eigenvalue weighted by Gasteiger charge is 2.70. The minimum absolute atomic E-state index is 0.0210. The topological polar surface area (TPSA) is 69.7 Å². The smallest absolute Gasteiger partial charge is 0.254 e. The van der Waals surface area contributed by atoms with E-state index in [1.54, 1.807) is 37.3 Å². The molecule has 3 aromatic carbocycles. The quantitative estimate of drug-likeness (QED) is 0.341. The molecule has 3 aromatic rings. The van der Waals surface area contributed by atoms with Gasteiger partial charge in [0.2, 0.25) is 5.91 Å². The lowest BCUT2D eigenvalue weighted by Crippen LogP contribution is -2.53. The lowest BCUT2D eigenvalue weighted by atomic mass is 9.73. The summed E-state index contributed by atoms with van der Waals surface area (Å²) in [5.41, 5.74) is 2.61. The predicted molar refractivity (Wildman–Crippen MR) is 164 cm³/mol. The summed E-state index contributed by atoms with van der Waals surface area (Å²) in [7, 11) is 0. The van der Waals surface area contributed by atoms with E-state index in [9.17, 15) is 14.4 Å². The highest BCUT2D eigenvalue weighted by molar-refractivity contribution is 6.31. The zero-order valence-electron chi connectivity index (χ0n) is 24.0. The standard InChI is InChI=1S/C34H32Cl2FN3O3/c1-18-14-21(15-19(2)41)8-10-23(18)32(42)39-13-12-28-31(39)29(24-4-3-5-26(36)30(24)37)34(40(28)17-20-6-7-20)25-11-9-22(35)16-27(25)38-33(34)43/h3-5,8-11,14,16,20,28-29,31H,6-7,12-13,15,17H2,1-2H3,(H,38,43)/t28-,29-,31?,34+/m0/s1. The largest absolute Gasteiger partial charge is 0.333 e. The number of carbonyl (C=O) groups excluding carboxylic acids is 3. The molecule has 2 amide bonds. The minimum atomic E-state index is -1.25. The van der Waals surface area contributed by atoms with Crippen molar-refractivity contribution in [2.75, 3.05) is 18.4 Å². The van der Waals surface area contributed by atoms with Crippen LogP contribution in [0.2, 0.25) is 10.0 Å². The monoisotopic (exact) mass is 619 g/mol. The molecule has 1 aliphatic carbocycles. The summed E-state index contributed by atoms with van der Waals surface area (Å²) in [6.07, 6.45) is 3.10. The van der Waals surface area contributed by atoms with Gasteiger partial charge in [0.15, 0.2) is 0 Å². The number of carbonyl (C=O) groups is 3. The number of halogens is 3. The van der Waals surface area contributed by atoms with Crippen LogP contribution in [0.3, 0.4) is 0 Å². The maximum Gasteiger partial charge on any atom is 0.254 e. The molecule has 222 valence electrons. The fourth-order valence-electron chi connectivity index (χ4n) is 7.90. The Morgan fingerprint density at radius 1 is 1.07 bits per heavy atom. The first kappa shape index (κ1) is 28.5. The van der Waals surface area contributed by atoms with Gasteiger partial charge < -0.3 is 10.2 Å². The fraction of sp³-hybridized carbons (Fsp3) is 0.382. The first-order valence-corrected chi connectivity index (χ1v) is 15.6. The van der Waals surface area contributed by atoms with Crippen LogP contribution in [0.1, 0.15) is 64.7 Å². The molecule has 0 radical (unpaired) electrons. The minimum Gasteiger partial charge on any atom is -0.333 e. The average Bonchev–Trinajstić information content (AvgIpc) is 3.51. The number of hydrogen-bond acceptors (Lipinski definition) is 4. The molecule has 3 fully saturated rings. The third kappa shape index (κ3) is 4.42. The lowest BCUT2D eigenvalue weighted by molar-refractivity contribution is -0.128. The molecule has 1 unspecified atom stereocenters. The summed E-state index contributed by atoms with van der Waals surface area (Å²) in [6, 6.07) is 15.1. The molecule has 9 heteroatoms. The van der Waals surface area contributed by atoms with E-state index in [0.717, 1.165) is 29.5 Å². The summed E-state index contributed by atoms with van der Waals surface area (Å²) < 4.78 is 16.1. The van der Waals surface area contributed by atoms with Crippen LogP contribution in [0, 0.1) is 18.7 Å². The van der Waals surface area contributed by atoms with Gasteiger partial charge in [0.05, 0.1) is 11.1 Å². The van der Waals surface area contributed by atoms with E-state index < -0.39 is 23.3 Å². The van der Waals surface area contributed by atoms with Crippen molar-refractivity contribution >= 4 is 46.5 Å². The van der Waals surface area contributed by atoms with Gasteiger partial charge in [-0.3, -0.25) is 19.3 Å². The molecule has 43 heavy (non-hydrogen) atoms. The number of fused-ring (bicyclic) bond motifs is 3. The Hall–Kier alpha value is -3.26. The van der Waals surface area contributed by atoms with Crippen LogP contribution in [0.15, 0.2) is 54.6 Å². The van der Waals surface area contributed by atoms with Crippen LogP contribution in [0.25, 0.3) is 0 Å². The lowest BCUT2D eigenvalue weighted by Gasteiger charge is -2.41. The summed E-state index contributed by atoms with van der Waals surface area (Å²) in [6.45, 7) is 4.57. The number of ketones is 1. The summed E-state index contributed by atoms with van der Waals surface area (Å²) in [4.78, 5) is 44.6. The highest BCUT2D eigenvalue weighted by atomic mass is 35.5. The first-order valence-electron chi connectivity index (χ1n) is 14.8. The molecule has 1 N–H and O–H groups in total. The Morgan fingerprint density at radius 2 is 1.86 bits per heavy atom. The van der Waals surface area contributed by atoms with Gasteiger partial charge in [0, 0.05) is 53.3 Å². The second kappa shape index (κ2) is 10.4. The van der Waals surface area contributed by atoms with Gasteiger partial charge in [-0.05, 0) is 80.0 Å². The molecule has 6 nitrogen and oxygen atoms in total. The van der Waals surface area contributed by atoms with Crippen molar-refractivity contribution < 1.29 is 18.8 Å². The highest BCUT2D eigenvalue weighted by Crippen LogP contribution is 2.61. The summed E-state index contributed by atoms with van der Waals surface area (Å²) in [5.74, 6) is -1.20. The van der Waals surface area contributed by atoms with Crippen molar-refractivity contribution in [3.8, 4) is 0 Å². The van der Waals surface area contributed by atoms with Gasteiger partial charge in [-0.2, -0.15) is 0 Å². The predicted octanol–water partition coefficient (Wildman–Crippen LogP) is 6.51. The van der Waals surface area contributed by atoms with E-state index in [1.165, 1.54) is 6.07 Å². The van der Waals surface area contributed by atoms with Crippen LogP contribution in [0.5, 0.6) is 0 Å². The van der Waals surface area contributed by atoms with Gasteiger partial charge in [0.25, 0.3) is 5.91 Å². The van der Waals surface area contributed by atoms with Crippen molar-refractivity contribution in [2.45, 2.75) is 63.1 Å². The van der Waals surface area contributed by atoms with Crippen molar-refractivity contribution in [2.24, 2.45) is 5.92 Å². The number of amides is 2. The third-order valence-electron chi connectivity index (χ3n) is 9.75. The number of rotatable bonds is 6. The summed E-state index contributed by atoms with van der Waals surface area (Å²) >= 11 is 12.7. The molecule has 4 aliphatic rings. The summed E-state index contributed by atoms with van der Waals surface area (Å²) in [5, 5.41) is 3.55. The molecule has 0 bridgehead atoms. The molecule has 7 rings (SSSR count). The first-order chi connectivity index (χ1) is 20.6. The second-order valence-electron chi connectivity index (χ2n) is 12.5. The third-order valence-corrected chi connectivity index (χ3v) is 10.3. The number of aryl methyl sites for hydroxylation is 1. The van der Waals surface area contributed by atoms with Crippen molar-refractivity contribution in [1.82, 2.24) is 9.80 Å².